The molecule has 0 spiro atoms. The van der Waals surface area contributed by atoms with Gasteiger partial charge in [0.1, 0.15) is 5.82 Å². The summed E-state index contributed by atoms with van der Waals surface area (Å²) >= 11 is 0. The Morgan fingerprint density at radius 2 is 2.19 bits per heavy atom. The van der Waals surface area contributed by atoms with Crippen LogP contribution in [0.4, 0.5) is 10.1 Å². The smallest absolute Gasteiger partial charge is 0.254 e. The summed E-state index contributed by atoms with van der Waals surface area (Å²) < 4.78 is 13.3. The number of anilines is 1. The standard InChI is InChI=1S/C12H15FN2O/c1-8(2)5-6-15-12(16)10-7-9(14)3-4-11(10)13/h3-5,7H,6,14H2,1-2H3,(H,15,16). The fourth-order valence-corrected chi connectivity index (χ4v) is 1.16. The van der Waals surface area contributed by atoms with Crippen LogP contribution in [0.15, 0.2) is 29.8 Å². The van der Waals surface area contributed by atoms with E-state index in [0.717, 1.165) is 5.57 Å². The number of carbonyl (C=O) groups is 1. The summed E-state index contributed by atoms with van der Waals surface area (Å²) in [4.78, 5) is 11.6. The maximum atomic E-state index is 13.3. The molecule has 0 heterocycles. The molecule has 0 aromatic heterocycles. The predicted molar refractivity (Wildman–Crippen MR) is 62.6 cm³/mol. The number of nitrogen functional groups attached to an aromatic ring is 1. The highest BCUT2D eigenvalue weighted by Crippen LogP contribution is 2.11. The molecule has 1 amide bonds. The van der Waals surface area contributed by atoms with Crippen LogP contribution in [-0.2, 0) is 0 Å². The summed E-state index contributed by atoms with van der Waals surface area (Å²) in [6, 6.07) is 3.93. The van der Waals surface area contributed by atoms with Crippen LogP contribution in [0.1, 0.15) is 24.2 Å². The van der Waals surface area contributed by atoms with E-state index in [-0.39, 0.29) is 5.56 Å². The molecule has 0 bridgehead atoms. The van der Waals surface area contributed by atoms with Gasteiger partial charge in [-0.1, -0.05) is 11.6 Å². The Kier molecular flexibility index (Phi) is 4.05. The van der Waals surface area contributed by atoms with E-state index in [1.54, 1.807) is 0 Å². The van der Waals surface area contributed by atoms with E-state index in [2.05, 4.69) is 5.32 Å². The Bertz CT molecular complexity index is 423. The van der Waals surface area contributed by atoms with E-state index < -0.39 is 11.7 Å². The lowest BCUT2D eigenvalue weighted by atomic mass is 10.1. The topological polar surface area (TPSA) is 55.1 Å². The Hall–Kier alpha value is -1.84. The van der Waals surface area contributed by atoms with Crippen molar-refractivity contribution in [2.45, 2.75) is 13.8 Å². The zero-order chi connectivity index (χ0) is 12.1. The number of carbonyl (C=O) groups excluding carboxylic acids is 1. The van der Waals surface area contributed by atoms with Crippen LogP contribution >= 0.6 is 0 Å². The van der Waals surface area contributed by atoms with Crippen LogP contribution in [0.25, 0.3) is 0 Å². The van der Waals surface area contributed by atoms with Crippen LogP contribution < -0.4 is 11.1 Å². The summed E-state index contributed by atoms with van der Waals surface area (Å²) in [6.07, 6.45) is 1.85. The molecule has 0 aliphatic heterocycles. The Morgan fingerprint density at radius 3 is 2.81 bits per heavy atom. The fraction of sp³-hybridized carbons (Fsp3) is 0.250. The number of nitrogens with two attached hydrogens (primary N) is 1. The normalized spacial score (nSPS) is 9.69. The van der Waals surface area contributed by atoms with Crippen molar-refractivity contribution in [3.05, 3.63) is 41.2 Å². The Balaban J connectivity index is 2.73. The van der Waals surface area contributed by atoms with Crippen molar-refractivity contribution < 1.29 is 9.18 Å². The first kappa shape index (κ1) is 12.2. The van der Waals surface area contributed by atoms with Gasteiger partial charge >= 0.3 is 0 Å². The molecule has 0 radical (unpaired) electrons. The van der Waals surface area contributed by atoms with Gasteiger partial charge in [0.15, 0.2) is 0 Å². The monoisotopic (exact) mass is 222 g/mol. The van der Waals surface area contributed by atoms with Gasteiger partial charge in [-0.3, -0.25) is 4.79 Å². The van der Waals surface area contributed by atoms with Gasteiger partial charge in [-0.25, -0.2) is 4.39 Å². The highest BCUT2D eigenvalue weighted by Gasteiger charge is 2.10. The van der Waals surface area contributed by atoms with Crippen LogP contribution in [0.3, 0.4) is 0 Å². The van der Waals surface area contributed by atoms with E-state index in [1.165, 1.54) is 18.2 Å². The van der Waals surface area contributed by atoms with Crippen LogP contribution in [0, 0.1) is 5.82 Å². The maximum Gasteiger partial charge on any atom is 0.254 e. The van der Waals surface area contributed by atoms with Crippen LogP contribution in [0.2, 0.25) is 0 Å². The molecule has 3 N–H and O–H groups in total. The zero-order valence-corrected chi connectivity index (χ0v) is 9.38. The Morgan fingerprint density at radius 1 is 1.50 bits per heavy atom. The first-order valence-corrected chi connectivity index (χ1v) is 4.97. The first-order chi connectivity index (χ1) is 7.50. The van der Waals surface area contributed by atoms with Crippen molar-refractivity contribution in [1.82, 2.24) is 5.32 Å². The second-order valence-corrected chi connectivity index (χ2v) is 3.73. The zero-order valence-electron chi connectivity index (χ0n) is 9.38. The van der Waals surface area contributed by atoms with Crippen molar-refractivity contribution in [2.24, 2.45) is 0 Å². The van der Waals surface area contributed by atoms with E-state index >= 15 is 0 Å². The van der Waals surface area contributed by atoms with Crippen molar-refractivity contribution in [3.63, 3.8) is 0 Å². The van der Waals surface area contributed by atoms with Crippen molar-refractivity contribution >= 4 is 11.6 Å². The minimum atomic E-state index is -0.566. The summed E-state index contributed by atoms with van der Waals surface area (Å²) in [7, 11) is 0. The van der Waals surface area contributed by atoms with E-state index in [0.29, 0.717) is 12.2 Å². The number of rotatable bonds is 3. The van der Waals surface area contributed by atoms with Crippen molar-refractivity contribution in [3.8, 4) is 0 Å². The molecule has 16 heavy (non-hydrogen) atoms. The molecular formula is C12H15FN2O. The van der Waals surface area contributed by atoms with E-state index in [4.69, 9.17) is 5.73 Å². The van der Waals surface area contributed by atoms with Gasteiger partial charge in [-0.05, 0) is 32.0 Å². The predicted octanol–water partition coefficient (Wildman–Crippen LogP) is 2.10. The summed E-state index contributed by atoms with van der Waals surface area (Å²) in [5.41, 5.74) is 6.92. The molecular weight excluding hydrogens is 207 g/mol. The molecule has 4 heteroatoms. The molecule has 86 valence electrons. The molecule has 0 atom stereocenters. The molecule has 1 rings (SSSR count). The average Bonchev–Trinajstić information content (AvgIpc) is 2.21. The lowest BCUT2D eigenvalue weighted by Gasteiger charge is -2.05. The molecule has 0 aliphatic rings. The van der Waals surface area contributed by atoms with Gasteiger partial charge in [-0.15, -0.1) is 0 Å². The van der Waals surface area contributed by atoms with Crippen LogP contribution in [0.5, 0.6) is 0 Å². The van der Waals surface area contributed by atoms with Gasteiger partial charge in [0.25, 0.3) is 5.91 Å². The molecule has 1 aromatic carbocycles. The maximum absolute atomic E-state index is 13.3. The van der Waals surface area contributed by atoms with Gasteiger partial charge < -0.3 is 11.1 Å². The van der Waals surface area contributed by atoms with E-state index in [1.807, 2.05) is 19.9 Å². The second kappa shape index (κ2) is 5.30. The van der Waals surface area contributed by atoms with Gasteiger partial charge in [0.2, 0.25) is 0 Å². The second-order valence-electron chi connectivity index (χ2n) is 3.73. The molecule has 0 saturated carbocycles. The van der Waals surface area contributed by atoms with E-state index in [9.17, 15) is 9.18 Å². The highest BCUT2D eigenvalue weighted by atomic mass is 19.1. The van der Waals surface area contributed by atoms with Gasteiger partial charge in [0.05, 0.1) is 5.56 Å². The quantitative estimate of drug-likeness (QED) is 0.608. The third kappa shape index (κ3) is 3.38. The SMILES string of the molecule is CC(C)=CCNC(=O)c1cc(N)ccc1F. The number of halogens is 1. The third-order valence-corrected chi connectivity index (χ3v) is 2.01. The van der Waals surface area contributed by atoms with Gasteiger partial charge in [-0.2, -0.15) is 0 Å². The van der Waals surface area contributed by atoms with Crippen molar-refractivity contribution in [2.75, 3.05) is 12.3 Å². The number of allylic oxidation sites excluding steroid dienone is 1. The summed E-state index contributed by atoms with van der Waals surface area (Å²) in [6.45, 7) is 4.23. The number of benzene rings is 1. The summed E-state index contributed by atoms with van der Waals surface area (Å²) in [5, 5.41) is 2.59. The number of nitrogens with one attached hydrogen (secondary N) is 1. The average molecular weight is 222 g/mol. The molecule has 0 saturated heterocycles. The molecule has 0 fully saturated rings. The fourth-order valence-electron chi connectivity index (χ4n) is 1.16. The minimum absolute atomic E-state index is 0.0258. The largest absolute Gasteiger partial charge is 0.399 e. The molecule has 0 aliphatic carbocycles. The lowest BCUT2D eigenvalue weighted by Crippen LogP contribution is -2.24. The Labute approximate surface area is 94.1 Å². The number of amides is 1. The lowest BCUT2D eigenvalue weighted by molar-refractivity contribution is 0.0954. The molecule has 3 nitrogen and oxygen atoms in total. The van der Waals surface area contributed by atoms with Gasteiger partial charge in [0, 0.05) is 12.2 Å². The number of hydrogen-bond donors (Lipinski definition) is 2. The molecule has 0 unspecified atom stereocenters. The van der Waals surface area contributed by atoms with Crippen LogP contribution in [-0.4, -0.2) is 12.5 Å². The highest BCUT2D eigenvalue weighted by molar-refractivity contribution is 5.95. The minimum Gasteiger partial charge on any atom is -0.399 e. The van der Waals surface area contributed by atoms with Crippen molar-refractivity contribution in [1.29, 1.82) is 0 Å². The molecule has 1 aromatic rings. The third-order valence-electron chi connectivity index (χ3n) is 2.01. The summed E-state index contributed by atoms with van der Waals surface area (Å²) in [5.74, 6) is -1.02. The first-order valence-electron chi connectivity index (χ1n) is 4.97. The number of hydrogen-bond acceptors (Lipinski definition) is 2.